The lowest BCUT2D eigenvalue weighted by Crippen LogP contribution is -2.12. The Balaban J connectivity index is 2.15. The number of hydrogen-bond acceptors (Lipinski definition) is 5. The molecule has 2 rings (SSSR count). The first kappa shape index (κ1) is 15.4. The number of thiol groups is 1. The van der Waals surface area contributed by atoms with Gasteiger partial charge in [0.15, 0.2) is 0 Å². The lowest BCUT2D eigenvalue weighted by molar-refractivity contribution is 0.0501. The third-order valence-corrected chi connectivity index (χ3v) is 2.91. The van der Waals surface area contributed by atoms with E-state index in [2.05, 4.69) is 17.9 Å². The molecule has 0 aliphatic carbocycles. The van der Waals surface area contributed by atoms with Gasteiger partial charge in [0.05, 0.1) is 12.2 Å². The van der Waals surface area contributed by atoms with Crippen molar-refractivity contribution >= 4 is 18.8 Å². The summed E-state index contributed by atoms with van der Waals surface area (Å²) in [5, 5.41) is 3.90. The summed E-state index contributed by atoms with van der Waals surface area (Å²) in [6.45, 7) is 2.06. The molecule has 1 heterocycles. The number of hydrogen-bond donors (Lipinski definition) is 1. The van der Waals surface area contributed by atoms with Crippen LogP contribution in [-0.2, 0) is 11.3 Å². The van der Waals surface area contributed by atoms with E-state index in [9.17, 15) is 9.18 Å². The Morgan fingerprint density at radius 3 is 2.90 bits per heavy atom. The van der Waals surface area contributed by atoms with Gasteiger partial charge in [-0.05, 0) is 31.4 Å². The van der Waals surface area contributed by atoms with Gasteiger partial charge < -0.3 is 9.47 Å². The fourth-order valence-corrected chi connectivity index (χ4v) is 1.85. The smallest absolute Gasteiger partial charge is 0.338 e. The number of carbonyl (C=O) groups excluding carboxylic acids is 1. The normalized spacial score (nSPS) is 10.4. The number of rotatable bonds is 6. The van der Waals surface area contributed by atoms with E-state index in [1.165, 1.54) is 22.3 Å². The van der Waals surface area contributed by atoms with Crippen LogP contribution in [-0.4, -0.2) is 21.8 Å². The molecule has 0 atom stereocenters. The summed E-state index contributed by atoms with van der Waals surface area (Å²) < 4.78 is 25.6. The number of benzene rings is 1. The molecule has 2 aromatic rings. The average Bonchev–Trinajstić information content (AvgIpc) is 2.89. The van der Waals surface area contributed by atoms with Crippen molar-refractivity contribution in [1.82, 2.24) is 9.19 Å². The molecule has 0 aliphatic heterocycles. The zero-order chi connectivity index (χ0) is 15.2. The molecular formula is C14H15FN2O3S. The molecule has 112 valence electrons. The van der Waals surface area contributed by atoms with Crippen LogP contribution in [0.3, 0.4) is 0 Å². The Morgan fingerprint density at radius 2 is 2.24 bits per heavy atom. The van der Waals surface area contributed by atoms with Crippen molar-refractivity contribution in [3.63, 3.8) is 0 Å². The molecule has 0 fully saturated rings. The molecule has 0 aliphatic rings. The monoisotopic (exact) mass is 310 g/mol. The quantitative estimate of drug-likeness (QED) is 0.658. The summed E-state index contributed by atoms with van der Waals surface area (Å²) in [5.74, 6) is -0.790. The molecule has 21 heavy (non-hydrogen) atoms. The molecule has 0 bridgehead atoms. The Bertz CT molecular complexity index is 630. The van der Waals surface area contributed by atoms with Gasteiger partial charge in [-0.3, -0.25) is 0 Å². The van der Waals surface area contributed by atoms with E-state index >= 15 is 0 Å². The summed E-state index contributed by atoms with van der Waals surface area (Å²) in [7, 11) is 0. The summed E-state index contributed by atoms with van der Waals surface area (Å²) in [4.78, 5) is 11.9. The van der Waals surface area contributed by atoms with Crippen LogP contribution in [0.15, 0.2) is 30.5 Å². The number of ether oxygens (including phenoxy) is 2. The SMILES string of the molecule is CCCOC(=O)c1cccc(F)c1COc1ccn(S)n1. The van der Waals surface area contributed by atoms with Crippen molar-refractivity contribution in [2.45, 2.75) is 20.0 Å². The lowest BCUT2D eigenvalue weighted by atomic mass is 10.1. The predicted octanol–water partition coefficient (Wildman–Crippen LogP) is 2.86. The molecular weight excluding hydrogens is 295 g/mol. The van der Waals surface area contributed by atoms with E-state index in [-0.39, 0.29) is 17.7 Å². The van der Waals surface area contributed by atoms with E-state index in [1.807, 2.05) is 6.92 Å². The minimum absolute atomic E-state index is 0.117. The van der Waals surface area contributed by atoms with E-state index in [4.69, 9.17) is 9.47 Å². The van der Waals surface area contributed by atoms with Crippen LogP contribution >= 0.6 is 12.8 Å². The number of esters is 1. The summed E-state index contributed by atoms with van der Waals surface area (Å²) in [6, 6.07) is 5.83. The fourth-order valence-electron chi connectivity index (χ4n) is 1.69. The zero-order valence-corrected chi connectivity index (χ0v) is 12.3. The zero-order valence-electron chi connectivity index (χ0n) is 11.5. The summed E-state index contributed by atoms with van der Waals surface area (Å²) in [5.41, 5.74) is 0.307. The second-order valence-corrected chi connectivity index (χ2v) is 4.67. The third-order valence-electron chi connectivity index (χ3n) is 2.69. The first-order valence-corrected chi connectivity index (χ1v) is 6.84. The molecule has 0 radical (unpaired) electrons. The average molecular weight is 310 g/mol. The maximum absolute atomic E-state index is 13.9. The molecule has 5 nitrogen and oxygen atoms in total. The molecule has 0 unspecified atom stereocenters. The van der Waals surface area contributed by atoms with Crippen LogP contribution in [0.5, 0.6) is 5.88 Å². The number of aromatic nitrogens is 2. The van der Waals surface area contributed by atoms with Crippen molar-refractivity contribution in [1.29, 1.82) is 0 Å². The highest BCUT2D eigenvalue weighted by atomic mass is 32.1. The maximum atomic E-state index is 13.9. The van der Waals surface area contributed by atoms with Crippen LogP contribution < -0.4 is 4.74 Å². The molecule has 1 aromatic heterocycles. The number of carbonyl (C=O) groups is 1. The number of nitrogens with zero attached hydrogens (tertiary/aromatic N) is 2. The van der Waals surface area contributed by atoms with Crippen LogP contribution in [0, 0.1) is 5.82 Å². The largest absolute Gasteiger partial charge is 0.472 e. The van der Waals surface area contributed by atoms with Gasteiger partial charge >= 0.3 is 5.97 Å². The second kappa shape index (κ2) is 7.12. The first-order chi connectivity index (χ1) is 10.1. The Labute approximate surface area is 127 Å². The van der Waals surface area contributed by atoms with Gasteiger partial charge in [0.1, 0.15) is 12.4 Å². The molecule has 7 heteroatoms. The predicted molar refractivity (Wildman–Crippen MR) is 77.9 cm³/mol. The van der Waals surface area contributed by atoms with Crippen LogP contribution in [0.1, 0.15) is 29.3 Å². The first-order valence-electron chi connectivity index (χ1n) is 6.44. The number of halogens is 1. The second-order valence-electron chi connectivity index (χ2n) is 4.26. The van der Waals surface area contributed by atoms with Crippen LogP contribution in [0.2, 0.25) is 0 Å². The van der Waals surface area contributed by atoms with Crippen molar-refractivity contribution < 1.29 is 18.7 Å². The van der Waals surface area contributed by atoms with Crippen molar-refractivity contribution in [2.75, 3.05) is 6.61 Å². The lowest BCUT2D eigenvalue weighted by Gasteiger charge is -2.10. The van der Waals surface area contributed by atoms with Crippen molar-refractivity contribution in [3.8, 4) is 5.88 Å². The van der Waals surface area contributed by atoms with Crippen molar-refractivity contribution in [3.05, 3.63) is 47.4 Å². The summed E-state index contributed by atoms with van der Waals surface area (Å²) >= 11 is 3.97. The van der Waals surface area contributed by atoms with Gasteiger partial charge in [-0.1, -0.05) is 13.0 Å². The molecule has 0 amide bonds. The van der Waals surface area contributed by atoms with Gasteiger partial charge in [-0.25, -0.2) is 13.3 Å². The van der Waals surface area contributed by atoms with Crippen molar-refractivity contribution in [2.24, 2.45) is 0 Å². The molecule has 0 spiro atoms. The summed E-state index contributed by atoms with van der Waals surface area (Å²) in [6.07, 6.45) is 2.28. The topological polar surface area (TPSA) is 53.4 Å². The fraction of sp³-hybridized carbons (Fsp3) is 0.286. The third kappa shape index (κ3) is 3.98. The molecule has 0 saturated carbocycles. The van der Waals surface area contributed by atoms with Gasteiger partial charge in [-0.2, -0.15) is 0 Å². The molecule has 0 saturated heterocycles. The Kier molecular flexibility index (Phi) is 5.21. The Hall–Kier alpha value is -2.02. The highest BCUT2D eigenvalue weighted by Gasteiger charge is 2.17. The van der Waals surface area contributed by atoms with E-state index in [0.29, 0.717) is 18.9 Å². The minimum Gasteiger partial charge on any atom is -0.472 e. The minimum atomic E-state index is -0.560. The highest BCUT2D eigenvalue weighted by molar-refractivity contribution is 7.78. The van der Waals surface area contributed by atoms with E-state index in [0.717, 1.165) is 0 Å². The van der Waals surface area contributed by atoms with Crippen LogP contribution in [0.4, 0.5) is 4.39 Å². The molecule has 1 aromatic carbocycles. The maximum Gasteiger partial charge on any atom is 0.338 e. The van der Waals surface area contributed by atoms with Gasteiger partial charge in [0.2, 0.25) is 5.88 Å². The highest BCUT2D eigenvalue weighted by Crippen LogP contribution is 2.18. The van der Waals surface area contributed by atoms with E-state index in [1.54, 1.807) is 12.3 Å². The van der Waals surface area contributed by atoms with E-state index < -0.39 is 11.8 Å². The van der Waals surface area contributed by atoms with Gasteiger partial charge in [-0.15, -0.1) is 5.10 Å². The van der Waals surface area contributed by atoms with Gasteiger partial charge in [0.25, 0.3) is 0 Å². The van der Waals surface area contributed by atoms with Gasteiger partial charge in [0, 0.05) is 17.8 Å². The molecule has 0 N–H and O–H groups in total. The standard InChI is InChI=1S/C14H15FN2O3S/c1-2-8-19-14(18)10-4-3-5-12(15)11(10)9-20-13-6-7-17(21)16-13/h3-7,21H,2,8-9H2,1H3. The van der Waals surface area contributed by atoms with Crippen LogP contribution in [0.25, 0.3) is 0 Å². The Morgan fingerprint density at radius 1 is 1.43 bits per heavy atom.